The number of hydrogen-bond acceptors (Lipinski definition) is 8. The van der Waals surface area contributed by atoms with Gasteiger partial charge in [0.15, 0.2) is 0 Å². The number of carbonyl (C=O) groups excluding carboxylic acids is 4. The minimum Gasteiger partial charge on any atom is -0.370 e. The van der Waals surface area contributed by atoms with Crippen LogP contribution in [0.4, 0.5) is 5.69 Å². The van der Waals surface area contributed by atoms with Crippen molar-refractivity contribution in [2.75, 3.05) is 6.54 Å². The van der Waals surface area contributed by atoms with Crippen molar-refractivity contribution < 1.29 is 29.3 Å². The van der Waals surface area contributed by atoms with Crippen molar-refractivity contribution in [3.05, 3.63) is 81.9 Å². The SMILES string of the molecule is NC(=O)C[C@H](NC(=O)C=Cc1ccc([N+](=O)[O-])cc1)C(=O)N[C@@H](CCCc1ccccc1)C1CCN[C@@H]1C(=O)NO. The number of hydrogen-bond donors (Lipinski definition) is 6. The fraction of sp³-hybridized carbons (Fsp3) is 0.357. The summed E-state index contributed by atoms with van der Waals surface area (Å²) in [4.78, 5) is 60.3. The van der Waals surface area contributed by atoms with Crippen molar-refractivity contribution in [3.8, 4) is 0 Å². The maximum absolute atomic E-state index is 13.3. The maximum atomic E-state index is 13.3. The van der Waals surface area contributed by atoms with Crippen molar-refractivity contribution in [2.45, 2.75) is 50.2 Å². The van der Waals surface area contributed by atoms with Crippen LogP contribution in [0.2, 0.25) is 0 Å². The first-order valence-electron chi connectivity index (χ1n) is 13.2. The van der Waals surface area contributed by atoms with E-state index >= 15 is 0 Å². The third kappa shape index (κ3) is 9.51. The molecular formula is C28H34N6O7. The highest BCUT2D eigenvalue weighted by Gasteiger charge is 2.39. The van der Waals surface area contributed by atoms with E-state index in [4.69, 9.17) is 5.73 Å². The number of benzene rings is 2. The summed E-state index contributed by atoms with van der Waals surface area (Å²) in [5.74, 6) is -3.08. The van der Waals surface area contributed by atoms with Crippen molar-refractivity contribution >= 4 is 35.4 Å². The van der Waals surface area contributed by atoms with Crippen LogP contribution in [0.1, 0.15) is 36.8 Å². The minimum atomic E-state index is -1.28. The van der Waals surface area contributed by atoms with E-state index in [-0.39, 0.29) is 11.6 Å². The lowest BCUT2D eigenvalue weighted by Gasteiger charge is -2.30. The molecule has 0 bridgehead atoms. The second-order valence-electron chi connectivity index (χ2n) is 9.77. The van der Waals surface area contributed by atoms with E-state index in [0.717, 1.165) is 18.1 Å². The number of non-ortho nitro benzene ring substituents is 1. The average Bonchev–Trinajstić information content (AvgIpc) is 3.45. The number of nitrogens with one attached hydrogen (secondary N) is 4. The number of rotatable bonds is 14. The highest BCUT2D eigenvalue weighted by molar-refractivity contribution is 5.97. The predicted octanol–water partition coefficient (Wildman–Crippen LogP) is 0.959. The van der Waals surface area contributed by atoms with E-state index in [1.807, 2.05) is 30.3 Å². The van der Waals surface area contributed by atoms with Crippen LogP contribution < -0.4 is 27.2 Å². The van der Waals surface area contributed by atoms with E-state index in [9.17, 15) is 34.5 Å². The van der Waals surface area contributed by atoms with Gasteiger partial charge in [0, 0.05) is 30.2 Å². The Morgan fingerprint density at radius 1 is 1.10 bits per heavy atom. The maximum Gasteiger partial charge on any atom is 0.269 e. The van der Waals surface area contributed by atoms with Gasteiger partial charge in [0.05, 0.1) is 17.4 Å². The number of nitrogens with two attached hydrogens (primary N) is 1. The van der Waals surface area contributed by atoms with Gasteiger partial charge in [0.1, 0.15) is 6.04 Å². The summed E-state index contributed by atoms with van der Waals surface area (Å²) in [6, 6.07) is 12.8. The Hall–Kier alpha value is -4.62. The molecule has 4 atom stereocenters. The predicted molar refractivity (Wildman–Crippen MR) is 149 cm³/mol. The molecule has 218 valence electrons. The smallest absolute Gasteiger partial charge is 0.269 e. The van der Waals surface area contributed by atoms with E-state index in [1.54, 1.807) is 5.48 Å². The van der Waals surface area contributed by atoms with Gasteiger partial charge in [-0.3, -0.25) is 34.5 Å². The molecule has 0 radical (unpaired) electrons. The Bertz CT molecular complexity index is 1250. The molecule has 2 aromatic rings. The van der Waals surface area contributed by atoms with Crippen molar-refractivity contribution in [1.29, 1.82) is 0 Å². The quantitative estimate of drug-likeness (QED) is 0.0838. The van der Waals surface area contributed by atoms with Crippen LogP contribution in [0.25, 0.3) is 6.08 Å². The van der Waals surface area contributed by atoms with Gasteiger partial charge >= 0.3 is 0 Å². The Labute approximate surface area is 236 Å². The van der Waals surface area contributed by atoms with Crippen molar-refractivity contribution in [1.82, 2.24) is 21.4 Å². The molecule has 1 unspecified atom stereocenters. The lowest BCUT2D eigenvalue weighted by molar-refractivity contribution is -0.384. The molecule has 1 fully saturated rings. The van der Waals surface area contributed by atoms with Gasteiger partial charge in [0.25, 0.3) is 11.6 Å². The molecule has 7 N–H and O–H groups in total. The van der Waals surface area contributed by atoms with Gasteiger partial charge in [-0.1, -0.05) is 30.3 Å². The molecule has 4 amide bonds. The number of nitro groups is 1. The van der Waals surface area contributed by atoms with E-state index in [0.29, 0.717) is 31.4 Å². The highest BCUT2D eigenvalue weighted by Crippen LogP contribution is 2.24. The van der Waals surface area contributed by atoms with Gasteiger partial charge < -0.3 is 21.7 Å². The molecule has 41 heavy (non-hydrogen) atoms. The summed E-state index contributed by atoms with van der Waals surface area (Å²) < 4.78 is 0. The monoisotopic (exact) mass is 566 g/mol. The van der Waals surface area contributed by atoms with E-state index in [1.165, 1.54) is 30.3 Å². The lowest BCUT2D eigenvalue weighted by Crippen LogP contribution is -2.55. The third-order valence-corrected chi connectivity index (χ3v) is 6.90. The van der Waals surface area contributed by atoms with Gasteiger partial charge in [-0.2, -0.15) is 0 Å². The first-order valence-corrected chi connectivity index (χ1v) is 13.2. The standard InChI is InChI=1S/C28H34N6O7/c29-24(35)17-23(31-25(36)14-11-19-9-12-20(13-10-19)34(40)41)27(37)32-22(8-4-7-18-5-2-1-3-6-18)21-15-16-30-26(21)28(38)33-39/h1-3,5-6,9-14,21-23,26,30,39H,4,7-8,15-17H2,(H2,29,35)(H,31,36)(H,32,37)(H,33,38)/t21?,22-,23-,26-/m0/s1. The number of hydroxylamine groups is 1. The van der Waals surface area contributed by atoms with Gasteiger partial charge in [-0.25, -0.2) is 5.48 Å². The minimum absolute atomic E-state index is 0.0979. The van der Waals surface area contributed by atoms with E-state index in [2.05, 4.69) is 16.0 Å². The van der Waals surface area contributed by atoms with Crippen LogP contribution in [0.3, 0.4) is 0 Å². The summed E-state index contributed by atoms with van der Waals surface area (Å²) in [6.07, 6.45) is 4.57. The highest BCUT2D eigenvalue weighted by atomic mass is 16.6. The Morgan fingerprint density at radius 3 is 2.44 bits per heavy atom. The van der Waals surface area contributed by atoms with Crippen LogP contribution in [-0.4, -0.2) is 58.4 Å². The molecular weight excluding hydrogens is 532 g/mol. The number of primary amides is 1. The summed E-state index contributed by atoms with van der Waals surface area (Å²) in [5, 5.41) is 28.4. The molecule has 2 aromatic carbocycles. The fourth-order valence-electron chi connectivity index (χ4n) is 4.87. The molecule has 0 aromatic heterocycles. The fourth-order valence-corrected chi connectivity index (χ4v) is 4.87. The zero-order valence-corrected chi connectivity index (χ0v) is 22.3. The normalized spacial score (nSPS) is 17.9. The van der Waals surface area contributed by atoms with E-state index < -0.39 is 53.1 Å². The first kappa shape index (κ1) is 30.9. The molecule has 0 spiro atoms. The van der Waals surface area contributed by atoms with Crippen LogP contribution in [0.5, 0.6) is 0 Å². The lowest BCUT2D eigenvalue weighted by atomic mass is 9.87. The number of amides is 4. The average molecular weight is 567 g/mol. The van der Waals surface area contributed by atoms with Crippen LogP contribution in [0.15, 0.2) is 60.7 Å². The zero-order chi connectivity index (χ0) is 29.8. The second-order valence-corrected chi connectivity index (χ2v) is 9.77. The van der Waals surface area contributed by atoms with Gasteiger partial charge in [0.2, 0.25) is 17.7 Å². The number of nitro benzene ring substituents is 1. The molecule has 0 aliphatic carbocycles. The Balaban J connectivity index is 1.71. The number of aryl methyl sites for hydroxylation is 1. The number of carbonyl (C=O) groups is 4. The van der Waals surface area contributed by atoms with Crippen molar-refractivity contribution in [2.24, 2.45) is 11.7 Å². The molecule has 3 rings (SSSR count). The summed E-state index contributed by atoms with van der Waals surface area (Å²) >= 11 is 0. The molecule has 13 nitrogen and oxygen atoms in total. The first-order chi connectivity index (χ1) is 19.7. The van der Waals surface area contributed by atoms with Crippen LogP contribution in [-0.2, 0) is 25.6 Å². The molecule has 1 heterocycles. The molecule has 1 aliphatic rings. The molecule has 13 heteroatoms. The third-order valence-electron chi connectivity index (χ3n) is 6.90. The van der Waals surface area contributed by atoms with Crippen LogP contribution >= 0.6 is 0 Å². The van der Waals surface area contributed by atoms with Crippen molar-refractivity contribution in [3.63, 3.8) is 0 Å². The molecule has 1 aliphatic heterocycles. The Kier molecular flexibility index (Phi) is 11.5. The van der Waals surface area contributed by atoms with Crippen LogP contribution in [0, 0.1) is 16.0 Å². The molecule has 0 saturated carbocycles. The molecule has 1 saturated heterocycles. The zero-order valence-electron chi connectivity index (χ0n) is 22.3. The second kappa shape index (κ2) is 15.2. The largest absolute Gasteiger partial charge is 0.370 e. The van der Waals surface area contributed by atoms with Gasteiger partial charge in [-0.05, 0) is 61.6 Å². The summed E-state index contributed by atoms with van der Waals surface area (Å²) in [5.41, 5.74) is 8.55. The Morgan fingerprint density at radius 2 is 1.80 bits per heavy atom. The topological polar surface area (TPSA) is 206 Å². The summed E-state index contributed by atoms with van der Waals surface area (Å²) in [6.45, 7) is 0.503. The van der Waals surface area contributed by atoms with Gasteiger partial charge in [-0.15, -0.1) is 0 Å². The number of nitrogens with zero attached hydrogens (tertiary/aromatic N) is 1. The summed E-state index contributed by atoms with van der Waals surface area (Å²) in [7, 11) is 0.